The minimum absolute atomic E-state index is 0.334. The summed E-state index contributed by atoms with van der Waals surface area (Å²) >= 11 is 0. The molecule has 1 amide bonds. The van der Waals surface area contributed by atoms with E-state index in [2.05, 4.69) is 43.9 Å². The van der Waals surface area contributed by atoms with Crippen LogP contribution in [0.3, 0.4) is 0 Å². The van der Waals surface area contributed by atoms with Gasteiger partial charge in [-0.05, 0) is 30.4 Å². The van der Waals surface area contributed by atoms with Gasteiger partial charge in [-0.2, -0.15) is 0 Å². The molecule has 122 valence electrons. The van der Waals surface area contributed by atoms with E-state index in [1.165, 1.54) is 16.8 Å². The van der Waals surface area contributed by atoms with Crippen LogP contribution < -0.4 is 4.90 Å². The van der Waals surface area contributed by atoms with Crippen molar-refractivity contribution in [3.05, 3.63) is 29.3 Å². The molecule has 1 aliphatic heterocycles. The smallest absolute Gasteiger partial charge is 0.222 e. The molecule has 0 aromatic heterocycles. The van der Waals surface area contributed by atoms with Crippen LogP contribution >= 0.6 is 0 Å². The van der Waals surface area contributed by atoms with Gasteiger partial charge in [0.05, 0.1) is 0 Å². The lowest BCUT2D eigenvalue weighted by Gasteiger charge is -2.38. The number of carbonyl (C=O) groups is 1. The fraction of sp³-hybridized carbons (Fsp3) is 0.632. The molecule has 1 saturated heterocycles. The van der Waals surface area contributed by atoms with Crippen LogP contribution in [0.1, 0.15) is 51.2 Å². The van der Waals surface area contributed by atoms with Crippen molar-refractivity contribution in [3.8, 4) is 0 Å². The van der Waals surface area contributed by atoms with Crippen molar-refractivity contribution in [1.29, 1.82) is 0 Å². The standard InChI is InChI=1S/C19H30N2O/c1-4-7-11-18(22)20-12-14-21(15-13-20)19-16(5-2)9-8-10-17(19)6-3/h8-10H,4-7,11-15H2,1-3H3. The Labute approximate surface area is 135 Å². The molecule has 0 bridgehead atoms. The number of nitrogens with zero attached hydrogens (tertiary/aromatic N) is 2. The van der Waals surface area contributed by atoms with E-state index in [0.29, 0.717) is 12.3 Å². The number of carbonyl (C=O) groups excluding carboxylic acids is 1. The van der Waals surface area contributed by atoms with Crippen LogP contribution in [0.25, 0.3) is 0 Å². The zero-order valence-corrected chi connectivity index (χ0v) is 14.4. The maximum atomic E-state index is 12.2. The zero-order chi connectivity index (χ0) is 15.9. The monoisotopic (exact) mass is 302 g/mol. The van der Waals surface area contributed by atoms with Gasteiger partial charge in [0.1, 0.15) is 0 Å². The average molecular weight is 302 g/mol. The molecule has 0 radical (unpaired) electrons. The van der Waals surface area contributed by atoms with E-state index >= 15 is 0 Å². The molecule has 1 aromatic rings. The molecule has 1 aliphatic rings. The molecule has 2 rings (SSSR count). The molecule has 22 heavy (non-hydrogen) atoms. The van der Waals surface area contributed by atoms with E-state index in [1.807, 2.05) is 4.90 Å². The summed E-state index contributed by atoms with van der Waals surface area (Å²) in [6, 6.07) is 6.66. The Morgan fingerprint density at radius 3 is 2.09 bits per heavy atom. The Kier molecular flexibility index (Phi) is 6.29. The number of benzene rings is 1. The second kappa shape index (κ2) is 8.21. The summed E-state index contributed by atoms with van der Waals surface area (Å²) in [5.41, 5.74) is 4.29. The fourth-order valence-electron chi connectivity index (χ4n) is 3.29. The summed E-state index contributed by atoms with van der Waals surface area (Å²) in [4.78, 5) is 16.7. The van der Waals surface area contributed by atoms with Gasteiger partial charge in [0.25, 0.3) is 0 Å². The maximum absolute atomic E-state index is 12.2. The third-order valence-corrected chi connectivity index (χ3v) is 4.66. The Bertz CT molecular complexity index is 468. The highest BCUT2D eigenvalue weighted by atomic mass is 16.2. The highest BCUT2D eigenvalue weighted by molar-refractivity contribution is 5.76. The zero-order valence-electron chi connectivity index (χ0n) is 14.4. The van der Waals surface area contributed by atoms with E-state index in [-0.39, 0.29) is 0 Å². The largest absolute Gasteiger partial charge is 0.368 e. The van der Waals surface area contributed by atoms with Crippen LogP contribution in [0.5, 0.6) is 0 Å². The molecule has 0 atom stereocenters. The maximum Gasteiger partial charge on any atom is 0.222 e. The Morgan fingerprint density at radius 1 is 1.00 bits per heavy atom. The van der Waals surface area contributed by atoms with Gasteiger partial charge in [-0.1, -0.05) is 45.4 Å². The van der Waals surface area contributed by atoms with Gasteiger partial charge in [-0.15, -0.1) is 0 Å². The first-order valence-corrected chi connectivity index (χ1v) is 8.84. The van der Waals surface area contributed by atoms with Gasteiger partial charge in [-0.25, -0.2) is 0 Å². The predicted molar refractivity (Wildman–Crippen MR) is 93.5 cm³/mol. The third kappa shape index (κ3) is 3.82. The minimum atomic E-state index is 0.334. The van der Waals surface area contributed by atoms with Gasteiger partial charge < -0.3 is 9.80 Å². The topological polar surface area (TPSA) is 23.6 Å². The number of para-hydroxylation sites is 1. The Morgan fingerprint density at radius 2 is 1.59 bits per heavy atom. The summed E-state index contributed by atoms with van der Waals surface area (Å²) < 4.78 is 0. The molecular formula is C19H30N2O. The normalized spacial score (nSPS) is 15.2. The van der Waals surface area contributed by atoms with Crippen LogP contribution in [-0.2, 0) is 17.6 Å². The van der Waals surface area contributed by atoms with Gasteiger partial charge in [0, 0.05) is 38.3 Å². The van der Waals surface area contributed by atoms with Gasteiger partial charge in [-0.3, -0.25) is 4.79 Å². The minimum Gasteiger partial charge on any atom is -0.368 e. The predicted octanol–water partition coefficient (Wildman–Crippen LogP) is 3.65. The number of aryl methyl sites for hydroxylation is 2. The highest BCUT2D eigenvalue weighted by Gasteiger charge is 2.23. The fourth-order valence-corrected chi connectivity index (χ4v) is 3.29. The van der Waals surface area contributed by atoms with E-state index in [0.717, 1.165) is 51.9 Å². The molecular weight excluding hydrogens is 272 g/mol. The van der Waals surface area contributed by atoms with Crippen LogP contribution in [0, 0.1) is 0 Å². The molecule has 0 unspecified atom stereocenters. The molecule has 0 saturated carbocycles. The first-order valence-electron chi connectivity index (χ1n) is 8.84. The molecule has 1 heterocycles. The van der Waals surface area contributed by atoms with Crippen molar-refractivity contribution in [2.24, 2.45) is 0 Å². The molecule has 0 N–H and O–H groups in total. The quantitative estimate of drug-likeness (QED) is 0.801. The highest BCUT2D eigenvalue weighted by Crippen LogP contribution is 2.28. The Hall–Kier alpha value is -1.51. The van der Waals surface area contributed by atoms with Crippen molar-refractivity contribution in [3.63, 3.8) is 0 Å². The summed E-state index contributed by atoms with van der Waals surface area (Å²) in [6.45, 7) is 10.2. The van der Waals surface area contributed by atoms with Crippen LogP contribution in [0.4, 0.5) is 5.69 Å². The van der Waals surface area contributed by atoms with Crippen LogP contribution in [0.2, 0.25) is 0 Å². The number of rotatable bonds is 6. The van der Waals surface area contributed by atoms with Gasteiger partial charge in [0.15, 0.2) is 0 Å². The van der Waals surface area contributed by atoms with E-state index in [4.69, 9.17) is 0 Å². The molecule has 1 fully saturated rings. The van der Waals surface area contributed by atoms with Crippen molar-refractivity contribution >= 4 is 11.6 Å². The summed E-state index contributed by atoms with van der Waals surface area (Å²) in [6.07, 6.45) is 4.95. The summed E-state index contributed by atoms with van der Waals surface area (Å²) in [5, 5.41) is 0. The van der Waals surface area contributed by atoms with Crippen LogP contribution in [-0.4, -0.2) is 37.0 Å². The lowest BCUT2D eigenvalue weighted by molar-refractivity contribution is -0.131. The first-order chi connectivity index (χ1) is 10.7. The number of anilines is 1. The van der Waals surface area contributed by atoms with Crippen molar-refractivity contribution in [2.75, 3.05) is 31.1 Å². The Balaban J connectivity index is 2.04. The van der Waals surface area contributed by atoms with Gasteiger partial charge >= 0.3 is 0 Å². The summed E-state index contributed by atoms with van der Waals surface area (Å²) in [7, 11) is 0. The number of piperazine rings is 1. The lowest BCUT2D eigenvalue weighted by atomic mass is 10.0. The lowest BCUT2D eigenvalue weighted by Crippen LogP contribution is -2.49. The molecule has 1 aromatic carbocycles. The SMILES string of the molecule is CCCCC(=O)N1CCN(c2c(CC)cccc2CC)CC1. The van der Waals surface area contributed by atoms with E-state index in [1.54, 1.807) is 0 Å². The van der Waals surface area contributed by atoms with Crippen LogP contribution in [0.15, 0.2) is 18.2 Å². The second-order valence-electron chi connectivity index (χ2n) is 6.10. The number of amides is 1. The van der Waals surface area contributed by atoms with Crippen molar-refractivity contribution < 1.29 is 4.79 Å². The summed E-state index contributed by atoms with van der Waals surface area (Å²) in [5.74, 6) is 0.334. The van der Waals surface area contributed by atoms with Crippen molar-refractivity contribution in [1.82, 2.24) is 4.90 Å². The van der Waals surface area contributed by atoms with E-state index < -0.39 is 0 Å². The third-order valence-electron chi connectivity index (χ3n) is 4.66. The molecule has 3 nitrogen and oxygen atoms in total. The number of hydrogen-bond donors (Lipinski definition) is 0. The van der Waals surface area contributed by atoms with Gasteiger partial charge in [0.2, 0.25) is 5.91 Å². The first kappa shape index (κ1) is 16.9. The second-order valence-corrected chi connectivity index (χ2v) is 6.10. The van der Waals surface area contributed by atoms with Crippen molar-refractivity contribution in [2.45, 2.75) is 52.9 Å². The molecule has 0 aliphatic carbocycles. The average Bonchev–Trinajstić information content (AvgIpc) is 2.58. The molecule has 0 spiro atoms. The number of hydrogen-bond acceptors (Lipinski definition) is 2. The van der Waals surface area contributed by atoms with E-state index in [9.17, 15) is 4.79 Å². The number of unbranched alkanes of at least 4 members (excludes halogenated alkanes) is 1. The molecule has 3 heteroatoms.